The van der Waals surface area contributed by atoms with Gasteiger partial charge in [0.05, 0.1) is 13.0 Å². The van der Waals surface area contributed by atoms with Crippen LogP contribution in [0.25, 0.3) is 16.5 Å². The number of fused-ring (bicyclic) bond motifs is 3. The van der Waals surface area contributed by atoms with Crippen molar-refractivity contribution in [1.82, 2.24) is 4.98 Å². The first kappa shape index (κ1) is 16.8. The van der Waals surface area contributed by atoms with Gasteiger partial charge in [-0.3, -0.25) is 14.6 Å². The minimum absolute atomic E-state index is 0.0950. The Hall–Kier alpha value is -3.31. The summed E-state index contributed by atoms with van der Waals surface area (Å²) in [6.45, 7) is 0. The molecule has 0 spiro atoms. The number of rotatable bonds is 3. The first-order valence-electron chi connectivity index (χ1n) is 9.00. The molecule has 0 N–H and O–H groups in total. The highest BCUT2D eigenvalue weighted by Gasteiger charge is 2.60. The van der Waals surface area contributed by atoms with Crippen molar-refractivity contribution >= 4 is 28.0 Å². The van der Waals surface area contributed by atoms with E-state index in [0.717, 1.165) is 16.5 Å². The van der Waals surface area contributed by atoms with Gasteiger partial charge in [0.1, 0.15) is 11.3 Å². The molecular formula is C23H17NO4. The van der Waals surface area contributed by atoms with Crippen LogP contribution >= 0.6 is 0 Å². The molecule has 2 unspecified atom stereocenters. The molecule has 0 amide bonds. The lowest BCUT2D eigenvalue weighted by Gasteiger charge is -2.47. The van der Waals surface area contributed by atoms with Crippen molar-refractivity contribution < 1.29 is 19.1 Å². The Bertz CT molecular complexity index is 1200. The van der Waals surface area contributed by atoms with E-state index in [1.165, 1.54) is 7.11 Å². The lowest BCUT2D eigenvalue weighted by molar-refractivity contribution is -0.000764. The van der Waals surface area contributed by atoms with Crippen LogP contribution in [0.15, 0.2) is 60.8 Å². The number of nitrogens with zero attached hydrogens (tertiary/aromatic N) is 1. The number of ether oxygens (including phenoxy) is 2. The third-order valence-electron chi connectivity index (χ3n) is 5.77. The standard InChI is InChI=1S/C23H17NO4/c1-27-18-10-9-13(14-8-5-11-24-20(14)18)17-12-23(28-2)19(17)21(25)15-6-3-4-7-16(15)22(23)26/h3-12,19H,1-2H3. The van der Waals surface area contributed by atoms with E-state index >= 15 is 0 Å². The first-order chi connectivity index (χ1) is 13.6. The van der Waals surface area contributed by atoms with Crippen LogP contribution in [0, 0.1) is 5.92 Å². The number of hydrogen-bond acceptors (Lipinski definition) is 5. The molecule has 0 aliphatic heterocycles. The van der Waals surface area contributed by atoms with E-state index in [1.54, 1.807) is 43.6 Å². The average molecular weight is 371 g/mol. The van der Waals surface area contributed by atoms with Crippen molar-refractivity contribution in [2.24, 2.45) is 5.92 Å². The highest BCUT2D eigenvalue weighted by Crippen LogP contribution is 2.53. The highest BCUT2D eigenvalue weighted by molar-refractivity contribution is 6.27. The Labute approximate surface area is 161 Å². The third-order valence-corrected chi connectivity index (χ3v) is 5.77. The van der Waals surface area contributed by atoms with Crippen LogP contribution in [0.4, 0.5) is 0 Å². The number of methoxy groups -OCH3 is 2. The van der Waals surface area contributed by atoms with Gasteiger partial charge in [0.15, 0.2) is 17.2 Å². The second-order valence-corrected chi connectivity index (χ2v) is 6.98. The molecule has 0 fully saturated rings. The maximum Gasteiger partial charge on any atom is 0.200 e. The maximum atomic E-state index is 13.3. The van der Waals surface area contributed by atoms with Crippen LogP contribution in [0.2, 0.25) is 0 Å². The zero-order valence-corrected chi connectivity index (χ0v) is 15.4. The summed E-state index contributed by atoms with van der Waals surface area (Å²) in [4.78, 5) is 30.9. The summed E-state index contributed by atoms with van der Waals surface area (Å²) in [5.41, 5.74) is 1.99. The van der Waals surface area contributed by atoms with Crippen LogP contribution < -0.4 is 4.74 Å². The normalized spacial score (nSPS) is 22.9. The van der Waals surface area contributed by atoms with E-state index in [4.69, 9.17) is 9.47 Å². The first-order valence-corrected chi connectivity index (χ1v) is 9.00. The molecule has 0 bridgehead atoms. The van der Waals surface area contributed by atoms with Gasteiger partial charge in [0.2, 0.25) is 0 Å². The lowest BCUT2D eigenvalue weighted by Crippen LogP contribution is -2.58. The Kier molecular flexibility index (Phi) is 3.51. The molecule has 2 atom stereocenters. The lowest BCUT2D eigenvalue weighted by atomic mass is 9.58. The van der Waals surface area contributed by atoms with E-state index in [-0.39, 0.29) is 11.6 Å². The monoisotopic (exact) mass is 371 g/mol. The number of aromatic nitrogens is 1. The van der Waals surface area contributed by atoms with E-state index in [1.807, 2.05) is 24.3 Å². The third kappa shape index (κ3) is 1.97. The van der Waals surface area contributed by atoms with Gasteiger partial charge in [0.25, 0.3) is 0 Å². The van der Waals surface area contributed by atoms with Crippen molar-refractivity contribution in [1.29, 1.82) is 0 Å². The van der Waals surface area contributed by atoms with Crippen molar-refractivity contribution in [3.05, 3.63) is 77.5 Å². The van der Waals surface area contributed by atoms with Gasteiger partial charge in [0, 0.05) is 29.8 Å². The Morgan fingerprint density at radius 2 is 1.71 bits per heavy atom. The molecular weight excluding hydrogens is 354 g/mol. The fourth-order valence-electron chi connectivity index (χ4n) is 4.39. The summed E-state index contributed by atoms with van der Waals surface area (Å²) in [5, 5.41) is 0.872. The summed E-state index contributed by atoms with van der Waals surface area (Å²) in [5.74, 6) is -0.275. The zero-order chi connectivity index (χ0) is 19.5. The minimum atomic E-state index is -1.24. The fraction of sp³-hybridized carbons (Fsp3) is 0.174. The molecule has 2 aliphatic carbocycles. The number of ketones is 2. The molecule has 0 saturated carbocycles. The van der Waals surface area contributed by atoms with Crippen LogP contribution in [0.3, 0.4) is 0 Å². The topological polar surface area (TPSA) is 65.5 Å². The van der Waals surface area contributed by atoms with Crippen LogP contribution in [-0.2, 0) is 4.74 Å². The molecule has 3 aromatic rings. The molecule has 138 valence electrons. The van der Waals surface area contributed by atoms with Crippen LogP contribution in [0.5, 0.6) is 5.75 Å². The molecule has 1 heterocycles. The summed E-state index contributed by atoms with van der Waals surface area (Å²) < 4.78 is 11.1. The second-order valence-electron chi connectivity index (χ2n) is 6.98. The van der Waals surface area contributed by atoms with Crippen LogP contribution in [-0.4, -0.2) is 36.4 Å². The van der Waals surface area contributed by atoms with Gasteiger partial charge in [-0.1, -0.05) is 36.4 Å². The van der Waals surface area contributed by atoms with Crippen molar-refractivity contribution in [2.45, 2.75) is 5.60 Å². The number of hydrogen-bond donors (Lipinski definition) is 0. The molecule has 5 nitrogen and oxygen atoms in total. The van der Waals surface area contributed by atoms with E-state index in [0.29, 0.717) is 22.4 Å². The van der Waals surface area contributed by atoms with Gasteiger partial charge in [-0.05, 0) is 29.3 Å². The SMILES string of the molecule is COc1ccc(C2=CC3(OC)C(=O)c4ccccc4C(=O)C23)c2cccnc12. The number of benzene rings is 2. The number of carbonyl (C=O) groups excluding carboxylic acids is 2. The predicted molar refractivity (Wildman–Crippen MR) is 105 cm³/mol. The highest BCUT2D eigenvalue weighted by atomic mass is 16.5. The maximum absolute atomic E-state index is 13.3. The summed E-state index contributed by atoms with van der Waals surface area (Å²) in [6, 6.07) is 14.5. The van der Waals surface area contributed by atoms with Crippen molar-refractivity contribution in [3.63, 3.8) is 0 Å². The van der Waals surface area contributed by atoms with Gasteiger partial charge in [-0.15, -0.1) is 0 Å². The average Bonchev–Trinajstić information content (AvgIpc) is 2.72. The van der Waals surface area contributed by atoms with Gasteiger partial charge in [-0.2, -0.15) is 0 Å². The Morgan fingerprint density at radius 1 is 0.929 bits per heavy atom. The molecule has 1 aromatic heterocycles. The van der Waals surface area contributed by atoms with Gasteiger partial charge in [-0.25, -0.2) is 0 Å². The van der Waals surface area contributed by atoms with Crippen molar-refractivity contribution in [2.75, 3.05) is 14.2 Å². The van der Waals surface area contributed by atoms with Crippen molar-refractivity contribution in [3.8, 4) is 5.75 Å². The Morgan fingerprint density at radius 3 is 2.46 bits per heavy atom. The minimum Gasteiger partial charge on any atom is -0.494 e. The zero-order valence-electron chi connectivity index (χ0n) is 15.4. The van der Waals surface area contributed by atoms with Gasteiger partial charge >= 0.3 is 0 Å². The van der Waals surface area contributed by atoms with Gasteiger partial charge < -0.3 is 9.47 Å². The Balaban J connectivity index is 1.73. The molecule has 0 saturated heterocycles. The number of carbonyl (C=O) groups is 2. The molecule has 28 heavy (non-hydrogen) atoms. The molecule has 2 aliphatic rings. The predicted octanol–water partition coefficient (Wildman–Crippen LogP) is 3.72. The molecule has 5 heteroatoms. The summed E-state index contributed by atoms with van der Waals surface area (Å²) >= 11 is 0. The largest absolute Gasteiger partial charge is 0.494 e. The summed E-state index contributed by atoms with van der Waals surface area (Å²) in [7, 11) is 3.08. The molecule has 2 aromatic carbocycles. The quantitative estimate of drug-likeness (QED) is 0.702. The van der Waals surface area contributed by atoms with Crippen LogP contribution in [0.1, 0.15) is 26.3 Å². The van der Waals surface area contributed by atoms with E-state index < -0.39 is 11.5 Å². The van der Waals surface area contributed by atoms with E-state index in [9.17, 15) is 9.59 Å². The summed E-state index contributed by atoms with van der Waals surface area (Å²) in [6.07, 6.45) is 3.48. The molecule has 5 rings (SSSR count). The number of pyridine rings is 1. The second kappa shape index (κ2) is 5.84. The smallest absolute Gasteiger partial charge is 0.200 e. The number of Topliss-reactive ketones (excluding diaryl/α,β-unsaturated/α-hetero) is 2. The van der Waals surface area contributed by atoms with E-state index in [2.05, 4.69) is 4.98 Å². The fourth-order valence-corrected chi connectivity index (χ4v) is 4.39. The molecule has 0 radical (unpaired) electrons.